The van der Waals surface area contributed by atoms with Gasteiger partial charge in [-0.3, -0.25) is 4.79 Å². The molecule has 3 heteroatoms. The highest BCUT2D eigenvalue weighted by molar-refractivity contribution is 5.83. The van der Waals surface area contributed by atoms with Crippen molar-refractivity contribution in [3.8, 4) is 0 Å². The molecule has 1 aliphatic carbocycles. The molecule has 3 nitrogen and oxygen atoms in total. The summed E-state index contributed by atoms with van der Waals surface area (Å²) in [7, 11) is 0. The average Bonchev–Trinajstić information content (AvgIpc) is 2.37. The van der Waals surface area contributed by atoms with E-state index in [1.165, 1.54) is 12.8 Å². The number of carbonyl (C=O) groups is 1. The van der Waals surface area contributed by atoms with Crippen molar-refractivity contribution in [2.24, 2.45) is 11.1 Å². The number of nitrogens with one attached hydrogen (secondary N) is 1. The van der Waals surface area contributed by atoms with Crippen LogP contribution in [-0.2, 0) is 4.79 Å². The van der Waals surface area contributed by atoms with Crippen LogP contribution in [0, 0.1) is 5.41 Å². The van der Waals surface area contributed by atoms with Crippen molar-refractivity contribution in [2.75, 3.05) is 0 Å². The Morgan fingerprint density at radius 2 is 2.05 bits per heavy atom. The van der Waals surface area contributed by atoms with Gasteiger partial charge in [0.05, 0.1) is 0 Å². The molecule has 1 aliphatic rings. The van der Waals surface area contributed by atoms with E-state index in [4.69, 9.17) is 5.73 Å². The highest BCUT2D eigenvalue weighted by Crippen LogP contribution is 2.35. The summed E-state index contributed by atoms with van der Waals surface area (Å²) in [5, 5.41) is 3.11. The maximum atomic E-state index is 12.2. The fourth-order valence-electron chi connectivity index (χ4n) is 2.92. The van der Waals surface area contributed by atoms with Crippen molar-refractivity contribution >= 4 is 5.91 Å². The van der Waals surface area contributed by atoms with Gasteiger partial charge in [-0.15, -0.1) is 0 Å². The lowest BCUT2D eigenvalue weighted by molar-refractivity contribution is -0.123. The fraction of sp³-hybridized carbons (Fsp3) is 0.562. The Balaban J connectivity index is 1.94. The van der Waals surface area contributed by atoms with Crippen LogP contribution in [0.2, 0.25) is 0 Å². The third-order valence-corrected chi connectivity index (χ3v) is 3.99. The van der Waals surface area contributed by atoms with Crippen molar-refractivity contribution in [2.45, 2.75) is 51.6 Å². The minimum absolute atomic E-state index is 0.0612. The predicted octanol–water partition coefficient (Wildman–Crippen LogP) is 2.77. The van der Waals surface area contributed by atoms with Gasteiger partial charge in [-0.25, -0.2) is 0 Å². The normalized spacial score (nSPS) is 23.6. The van der Waals surface area contributed by atoms with Gasteiger partial charge < -0.3 is 11.1 Å². The molecule has 1 fully saturated rings. The van der Waals surface area contributed by atoms with Crippen molar-refractivity contribution in [3.05, 3.63) is 35.9 Å². The Morgan fingerprint density at radius 1 is 1.37 bits per heavy atom. The summed E-state index contributed by atoms with van der Waals surface area (Å²) in [5.74, 6) is -0.0612. The van der Waals surface area contributed by atoms with Gasteiger partial charge in [-0.2, -0.15) is 0 Å². The smallest absolute Gasteiger partial charge is 0.241 e. The summed E-state index contributed by atoms with van der Waals surface area (Å²) in [6, 6.07) is 9.25. The summed E-state index contributed by atoms with van der Waals surface area (Å²) in [6.45, 7) is 4.53. The lowest BCUT2D eigenvalue weighted by Crippen LogP contribution is -2.44. The average molecular weight is 260 g/mol. The summed E-state index contributed by atoms with van der Waals surface area (Å²) >= 11 is 0. The molecular formula is C16H24N2O. The zero-order chi connectivity index (χ0) is 13.9. The van der Waals surface area contributed by atoms with E-state index in [0.29, 0.717) is 5.41 Å². The summed E-state index contributed by atoms with van der Waals surface area (Å²) < 4.78 is 0. The Labute approximate surface area is 115 Å². The first kappa shape index (κ1) is 14.1. The first-order valence-corrected chi connectivity index (χ1v) is 7.09. The number of amides is 1. The van der Waals surface area contributed by atoms with Crippen LogP contribution in [0.15, 0.2) is 30.3 Å². The SMILES string of the molecule is CC1(C)CCCC(NC(=O)C(N)c2ccccc2)C1. The predicted molar refractivity (Wildman–Crippen MR) is 77.6 cm³/mol. The third-order valence-electron chi connectivity index (χ3n) is 3.99. The second-order valence-electron chi connectivity index (χ2n) is 6.35. The second-order valence-corrected chi connectivity index (χ2v) is 6.35. The van der Waals surface area contributed by atoms with E-state index < -0.39 is 6.04 Å². The minimum Gasteiger partial charge on any atom is -0.352 e. The number of hydrogen-bond acceptors (Lipinski definition) is 2. The monoisotopic (exact) mass is 260 g/mol. The number of benzene rings is 1. The van der Waals surface area contributed by atoms with E-state index in [0.717, 1.165) is 18.4 Å². The molecule has 0 spiro atoms. The Kier molecular flexibility index (Phi) is 4.25. The molecule has 1 amide bonds. The van der Waals surface area contributed by atoms with E-state index >= 15 is 0 Å². The van der Waals surface area contributed by atoms with Crippen LogP contribution in [-0.4, -0.2) is 11.9 Å². The van der Waals surface area contributed by atoms with Crippen LogP contribution < -0.4 is 11.1 Å². The molecule has 0 heterocycles. The first-order valence-electron chi connectivity index (χ1n) is 7.09. The molecule has 0 aliphatic heterocycles. The topological polar surface area (TPSA) is 55.1 Å². The largest absolute Gasteiger partial charge is 0.352 e. The van der Waals surface area contributed by atoms with E-state index in [1.54, 1.807) is 0 Å². The van der Waals surface area contributed by atoms with Crippen LogP contribution in [0.5, 0.6) is 0 Å². The van der Waals surface area contributed by atoms with Crippen molar-refractivity contribution in [1.82, 2.24) is 5.32 Å². The maximum Gasteiger partial charge on any atom is 0.241 e. The molecule has 2 unspecified atom stereocenters. The quantitative estimate of drug-likeness (QED) is 0.878. The number of nitrogens with two attached hydrogens (primary N) is 1. The molecule has 0 aromatic heterocycles. The Morgan fingerprint density at radius 3 is 2.68 bits per heavy atom. The Bertz CT molecular complexity index is 428. The number of rotatable bonds is 3. The summed E-state index contributed by atoms with van der Waals surface area (Å²) in [6.07, 6.45) is 4.53. The first-order chi connectivity index (χ1) is 8.98. The second kappa shape index (κ2) is 5.74. The number of hydrogen-bond donors (Lipinski definition) is 2. The van der Waals surface area contributed by atoms with E-state index in [-0.39, 0.29) is 11.9 Å². The highest BCUT2D eigenvalue weighted by Gasteiger charge is 2.29. The minimum atomic E-state index is -0.564. The lowest BCUT2D eigenvalue weighted by atomic mass is 9.75. The molecule has 104 valence electrons. The summed E-state index contributed by atoms with van der Waals surface area (Å²) in [4.78, 5) is 12.2. The van der Waals surface area contributed by atoms with E-state index in [9.17, 15) is 4.79 Å². The van der Waals surface area contributed by atoms with Gasteiger partial charge in [-0.05, 0) is 30.2 Å². The van der Waals surface area contributed by atoms with Crippen LogP contribution >= 0.6 is 0 Å². The molecule has 3 N–H and O–H groups in total. The molecular weight excluding hydrogens is 236 g/mol. The van der Waals surface area contributed by atoms with Gasteiger partial charge in [0.2, 0.25) is 5.91 Å². The van der Waals surface area contributed by atoms with E-state index in [2.05, 4.69) is 19.2 Å². The molecule has 0 radical (unpaired) electrons. The van der Waals surface area contributed by atoms with Gasteiger partial charge >= 0.3 is 0 Å². The van der Waals surface area contributed by atoms with Crippen molar-refractivity contribution in [3.63, 3.8) is 0 Å². The van der Waals surface area contributed by atoms with Gasteiger partial charge in [-0.1, -0.05) is 50.6 Å². The molecule has 1 aromatic rings. The highest BCUT2D eigenvalue weighted by atomic mass is 16.2. The molecule has 0 bridgehead atoms. The maximum absolute atomic E-state index is 12.2. The molecule has 2 rings (SSSR count). The Hall–Kier alpha value is -1.35. The van der Waals surface area contributed by atoms with Crippen LogP contribution in [0.4, 0.5) is 0 Å². The molecule has 19 heavy (non-hydrogen) atoms. The van der Waals surface area contributed by atoms with Crippen molar-refractivity contribution in [1.29, 1.82) is 0 Å². The molecule has 2 atom stereocenters. The molecule has 1 aromatic carbocycles. The fourth-order valence-corrected chi connectivity index (χ4v) is 2.92. The number of carbonyl (C=O) groups excluding carboxylic acids is 1. The van der Waals surface area contributed by atoms with Crippen LogP contribution in [0.3, 0.4) is 0 Å². The van der Waals surface area contributed by atoms with Crippen molar-refractivity contribution < 1.29 is 4.79 Å². The molecule has 0 saturated heterocycles. The standard InChI is InChI=1S/C16H24N2O/c1-16(2)10-6-9-13(11-16)18-15(19)14(17)12-7-4-3-5-8-12/h3-5,7-8,13-14H,6,9-11,17H2,1-2H3,(H,18,19). The lowest BCUT2D eigenvalue weighted by Gasteiger charge is -2.36. The third kappa shape index (κ3) is 3.80. The van der Waals surface area contributed by atoms with Gasteiger partial charge in [0.15, 0.2) is 0 Å². The van der Waals surface area contributed by atoms with Gasteiger partial charge in [0.1, 0.15) is 6.04 Å². The zero-order valence-electron chi connectivity index (χ0n) is 11.9. The van der Waals surface area contributed by atoms with E-state index in [1.807, 2.05) is 30.3 Å². The van der Waals surface area contributed by atoms with Crippen LogP contribution in [0.1, 0.15) is 51.1 Å². The van der Waals surface area contributed by atoms with Gasteiger partial charge in [0.25, 0.3) is 0 Å². The van der Waals surface area contributed by atoms with Gasteiger partial charge in [0, 0.05) is 6.04 Å². The zero-order valence-corrected chi connectivity index (χ0v) is 11.9. The van der Waals surface area contributed by atoms with Crippen LogP contribution in [0.25, 0.3) is 0 Å². The molecule has 1 saturated carbocycles. The summed E-state index contributed by atoms with van der Waals surface area (Å²) in [5.41, 5.74) is 7.21.